The number of alkyl halides is 6. The second-order valence-corrected chi connectivity index (χ2v) is 10.5. The molecule has 0 bridgehead atoms. The lowest BCUT2D eigenvalue weighted by atomic mass is 9.71. The molecule has 0 atom stereocenters. The number of amides is 4. The van der Waals surface area contributed by atoms with Crippen LogP contribution in [0.1, 0.15) is 74.8 Å². The van der Waals surface area contributed by atoms with E-state index in [4.69, 9.17) is 0 Å². The number of hydrogen-bond acceptors (Lipinski definition) is 4. The first-order valence-electron chi connectivity index (χ1n) is 12.6. The summed E-state index contributed by atoms with van der Waals surface area (Å²) in [6.07, 6.45) is -12.1. The number of carbonyl (C=O) groups is 4. The topological polar surface area (TPSA) is 74.8 Å². The Balaban J connectivity index is 1.75. The first-order chi connectivity index (χ1) is 19.4. The molecule has 218 valence electrons. The quantitative estimate of drug-likeness (QED) is 0.264. The van der Waals surface area contributed by atoms with Crippen LogP contribution < -0.4 is 4.90 Å². The number of aryl methyl sites for hydroxylation is 2. The molecule has 6 nitrogen and oxygen atoms in total. The van der Waals surface area contributed by atoms with Crippen LogP contribution >= 0.6 is 0 Å². The third-order valence-corrected chi connectivity index (χ3v) is 8.23. The Labute approximate surface area is 235 Å². The van der Waals surface area contributed by atoms with E-state index >= 15 is 0 Å². The van der Waals surface area contributed by atoms with Gasteiger partial charge in [-0.25, -0.2) is 4.90 Å². The highest BCUT2D eigenvalue weighted by Gasteiger charge is 2.73. The SMILES string of the molecule is Cc1cc(C)c(N2C(=O)c3ccc(C(c4ccc5c(c4)C(=O)N(C)C5=O)(C(F)(F)F)C(F)(F)F)cc3C2=O)c(C)c1C. The molecule has 2 heterocycles. The van der Waals surface area contributed by atoms with Gasteiger partial charge in [0.2, 0.25) is 5.41 Å². The molecule has 0 aromatic heterocycles. The van der Waals surface area contributed by atoms with Crippen molar-refractivity contribution in [2.75, 3.05) is 11.9 Å². The van der Waals surface area contributed by atoms with Gasteiger partial charge in [0, 0.05) is 7.05 Å². The first kappa shape index (κ1) is 29.0. The largest absolute Gasteiger partial charge is 0.411 e. The third-order valence-electron chi connectivity index (χ3n) is 8.23. The zero-order chi connectivity index (χ0) is 31.3. The summed E-state index contributed by atoms with van der Waals surface area (Å²) in [5.41, 5.74) is -6.47. The van der Waals surface area contributed by atoms with Gasteiger partial charge >= 0.3 is 12.4 Å². The van der Waals surface area contributed by atoms with Gasteiger partial charge in [-0.15, -0.1) is 0 Å². The van der Waals surface area contributed by atoms with Crippen LogP contribution in [-0.4, -0.2) is 47.9 Å². The van der Waals surface area contributed by atoms with Gasteiger partial charge in [0.1, 0.15) is 0 Å². The number of nitrogens with zero attached hydrogens (tertiary/aromatic N) is 2. The van der Waals surface area contributed by atoms with E-state index in [1.807, 2.05) is 6.92 Å². The molecule has 0 aliphatic carbocycles. The number of anilines is 1. The normalized spacial score (nSPS) is 15.6. The lowest BCUT2D eigenvalue weighted by Gasteiger charge is -2.38. The second kappa shape index (κ2) is 9.01. The molecule has 0 fully saturated rings. The molecular formula is C30H22F6N2O4. The molecule has 42 heavy (non-hydrogen) atoms. The number of rotatable bonds is 3. The minimum absolute atomic E-state index is 0.203. The Kier molecular flexibility index (Phi) is 6.23. The summed E-state index contributed by atoms with van der Waals surface area (Å²) in [5, 5.41) is 0. The van der Waals surface area contributed by atoms with Crippen LogP contribution in [0.15, 0.2) is 42.5 Å². The fourth-order valence-corrected chi connectivity index (χ4v) is 5.87. The van der Waals surface area contributed by atoms with Crippen molar-refractivity contribution >= 4 is 29.3 Å². The average molecular weight is 589 g/mol. The molecule has 0 saturated heterocycles. The van der Waals surface area contributed by atoms with Crippen LogP contribution in [0.25, 0.3) is 0 Å². The molecule has 3 aromatic carbocycles. The van der Waals surface area contributed by atoms with Crippen molar-refractivity contribution in [1.82, 2.24) is 4.90 Å². The van der Waals surface area contributed by atoms with Crippen molar-refractivity contribution in [3.8, 4) is 0 Å². The lowest BCUT2D eigenvalue weighted by Crippen LogP contribution is -2.55. The maximum absolute atomic E-state index is 14.9. The van der Waals surface area contributed by atoms with Crippen molar-refractivity contribution in [1.29, 1.82) is 0 Å². The molecule has 2 aliphatic heterocycles. The highest BCUT2D eigenvalue weighted by atomic mass is 19.4. The fourth-order valence-electron chi connectivity index (χ4n) is 5.87. The van der Waals surface area contributed by atoms with Crippen LogP contribution in [-0.2, 0) is 5.41 Å². The fraction of sp³-hybridized carbons (Fsp3) is 0.267. The number of hydrogen-bond donors (Lipinski definition) is 0. The van der Waals surface area contributed by atoms with Crippen molar-refractivity contribution in [3.63, 3.8) is 0 Å². The van der Waals surface area contributed by atoms with E-state index in [2.05, 4.69) is 0 Å². The maximum atomic E-state index is 14.9. The minimum atomic E-state index is -6.03. The Morgan fingerprint density at radius 1 is 0.548 bits per heavy atom. The van der Waals surface area contributed by atoms with Gasteiger partial charge < -0.3 is 0 Å². The lowest BCUT2D eigenvalue weighted by molar-refractivity contribution is -0.288. The molecule has 0 saturated carbocycles. The van der Waals surface area contributed by atoms with E-state index < -0.39 is 63.7 Å². The summed E-state index contributed by atoms with van der Waals surface area (Å²) >= 11 is 0. The zero-order valence-corrected chi connectivity index (χ0v) is 22.8. The monoisotopic (exact) mass is 588 g/mol. The highest BCUT2D eigenvalue weighted by molar-refractivity contribution is 6.35. The van der Waals surface area contributed by atoms with E-state index in [-0.39, 0.29) is 16.8 Å². The summed E-state index contributed by atoms with van der Waals surface area (Å²) in [5.74, 6) is -3.88. The molecule has 3 aromatic rings. The molecule has 0 spiro atoms. The van der Waals surface area contributed by atoms with Gasteiger partial charge in [-0.3, -0.25) is 24.1 Å². The third kappa shape index (κ3) is 3.66. The standard InChI is InChI=1S/C30H22F6N2O4/c1-13-10-14(2)23(16(4)15(13)3)38-26(41)20-9-7-18(12-22(20)27(38)42)28(29(31,32)33,30(34,35)36)17-6-8-19-21(11-17)25(40)37(5)24(19)39/h6-12H,1-5H3. The molecule has 5 rings (SSSR count). The molecule has 4 amide bonds. The first-order valence-corrected chi connectivity index (χ1v) is 12.6. The number of halogens is 6. The number of fused-ring (bicyclic) bond motifs is 2. The molecule has 2 aliphatic rings. The van der Waals surface area contributed by atoms with Crippen LogP contribution in [0.3, 0.4) is 0 Å². The van der Waals surface area contributed by atoms with Gasteiger partial charge in [0.05, 0.1) is 27.9 Å². The summed E-state index contributed by atoms with van der Waals surface area (Å²) in [7, 11) is 1.05. The van der Waals surface area contributed by atoms with E-state index in [1.54, 1.807) is 26.8 Å². The molecule has 0 N–H and O–H groups in total. The van der Waals surface area contributed by atoms with Crippen LogP contribution in [0.5, 0.6) is 0 Å². The smallest absolute Gasteiger partial charge is 0.277 e. The predicted octanol–water partition coefficient (Wildman–Crippen LogP) is 6.36. The summed E-state index contributed by atoms with van der Waals surface area (Å²) in [6, 6.07) is 5.11. The number of imide groups is 2. The van der Waals surface area contributed by atoms with E-state index in [9.17, 15) is 45.5 Å². The van der Waals surface area contributed by atoms with E-state index in [0.717, 1.165) is 35.2 Å². The Hall–Kier alpha value is -4.48. The maximum Gasteiger partial charge on any atom is 0.411 e. The summed E-state index contributed by atoms with van der Waals surface area (Å²) in [4.78, 5) is 53.0. The molecular weight excluding hydrogens is 566 g/mol. The summed E-state index contributed by atoms with van der Waals surface area (Å²) < 4.78 is 89.1. The zero-order valence-electron chi connectivity index (χ0n) is 22.8. The number of benzene rings is 3. The number of carbonyl (C=O) groups excluding carboxylic acids is 4. The van der Waals surface area contributed by atoms with Gasteiger partial charge in [-0.1, -0.05) is 18.2 Å². The average Bonchev–Trinajstić information content (AvgIpc) is 3.26. The van der Waals surface area contributed by atoms with Gasteiger partial charge in [-0.2, -0.15) is 26.3 Å². The van der Waals surface area contributed by atoms with Crippen molar-refractivity contribution in [3.05, 3.63) is 98.1 Å². The van der Waals surface area contributed by atoms with Crippen LogP contribution in [0, 0.1) is 27.7 Å². The Morgan fingerprint density at radius 3 is 1.48 bits per heavy atom. The highest BCUT2D eigenvalue weighted by Crippen LogP contribution is 2.57. The second-order valence-electron chi connectivity index (χ2n) is 10.5. The molecule has 0 radical (unpaired) electrons. The molecule has 0 unspecified atom stereocenters. The molecule has 12 heteroatoms. The van der Waals surface area contributed by atoms with E-state index in [0.29, 0.717) is 40.3 Å². The van der Waals surface area contributed by atoms with Crippen molar-refractivity contribution in [2.45, 2.75) is 45.5 Å². The Morgan fingerprint density at radius 2 is 0.976 bits per heavy atom. The van der Waals surface area contributed by atoms with Crippen LogP contribution in [0.2, 0.25) is 0 Å². The predicted molar refractivity (Wildman–Crippen MR) is 139 cm³/mol. The van der Waals surface area contributed by atoms with Crippen molar-refractivity contribution < 1.29 is 45.5 Å². The summed E-state index contributed by atoms with van der Waals surface area (Å²) in [6.45, 7) is 6.88. The van der Waals surface area contributed by atoms with Crippen LogP contribution in [0.4, 0.5) is 32.0 Å². The Bertz CT molecular complexity index is 1740. The van der Waals surface area contributed by atoms with E-state index in [1.165, 1.54) is 0 Å². The van der Waals surface area contributed by atoms with Crippen molar-refractivity contribution in [2.24, 2.45) is 0 Å². The van der Waals surface area contributed by atoms with Gasteiger partial charge in [0.15, 0.2) is 0 Å². The van der Waals surface area contributed by atoms with Gasteiger partial charge in [-0.05, 0) is 85.3 Å². The van der Waals surface area contributed by atoms with Gasteiger partial charge in [0.25, 0.3) is 23.6 Å². The minimum Gasteiger partial charge on any atom is -0.277 e.